The van der Waals surface area contributed by atoms with Crippen LogP contribution in [0.1, 0.15) is 15.9 Å². The van der Waals surface area contributed by atoms with Crippen LogP contribution in [-0.4, -0.2) is 32.3 Å². The van der Waals surface area contributed by atoms with Gasteiger partial charge in [-0.1, -0.05) is 36.4 Å². The van der Waals surface area contributed by atoms with E-state index in [1.807, 2.05) is 30.3 Å². The number of amides is 1. The highest BCUT2D eigenvalue weighted by atomic mass is 16.5. The molecule has 0 saturated carbocycles. The Labute approximate surface area is 140 Å². The van der Waals surface area contributed by atoms with Crippen LogP contribution in [0.25, 0.3) is 0 Å². The number of esters is 1. The standard InChI is InChI=1S/C18H19NO5/c1-22-17(20)15-8-5-9-16(12-15)23-11-10-19-18(21)24-13-14-6-3-2-4-7-14/h2-9,12H,10-11,13H2,1H3,(H,19,21). The maximum Gasteiger partial charge on any atom is 0.407 e. The van der Waals surface area contributed by atoms with Crippen LogP contribution < -0.4 is 10.1 Å². The fraction of sp³-hybridized carbons (Fsp3) is 0.222. The summed E-state index contributed by atoms with van der Waals surface area (Å²) in [4.78, 5) is 23.0. The molecule has 2 aromatic rings. The fourth-order valence-electron chi connectivity index (χ4n) is 1.93. The number of alkyl carbamates (subject to hydrolysis) is 1. The lowest BCUT2D eigenvalue weighted by molar-refractivity contribution is 0.0600. The van der Waals surface area contributed by atoms with Crippen molar-refractivity contribution in [3.8, 4) is 5.75 Å². The van der Waals surface area contributed by atoms with Gasteiger partial charge in [-0.2, -0.15) is 0 Å². The molecule has 0 bridgehead atoms. The first-order chi connectivity index (χ1) is 11.7. The molecule has 0 aliphatic carbocycles. The number of rotatable bonds is 7. The van der Waals surface area contributed by atoms with E-state index < -0.39 is 12.1 Å². The topological polar surface area (TPSA) is 73.9 Å². The van der Waals surface area contributed by atoms with E-state index in [1.54, 1.807) is 24.3 Å². The number of methoxy groups -OCH3 is 1. The molecular weight excluding hydrogens is 310 g/mol. The molecule has 24 heavy (non-hydrogen) atoms. The molecule has 0 spiro atoms. The number of hydrogen-bond acceptors (Lipinski definition) is 5. The van der Waals surface area contributed by atoms with E-state index in [0.29, 0.717) is 11.3 Å². The third kappa shape index (κ3) is 5.64. The Balaban J connectivity index is 1.67. The van der Waals surface area contributed by atoms with E-state index in [4.69, 9.17) is 9.47 Å². The Kier molecular flexibility index (Phi) is 6.64. The zero-order valence-electron chi connectivity index (χ0n) is 13.4. The van der Waals surface area contributed by atoms with E-state index in [-0.39, 0.29) is 19.8 Å². The molecule has 126 valence electrons. The molecule has 0 aliphatic rings. The zero-order valence-corrected chi connectivity index (χ0v) is 13.4. The number of hydrogen-bond donors (Lipinski definition) is 1. The van der Waals surface area contributed by atoms with E-state index in [0.717, 1.165) is 5.56 Å². The molecule has 1 amide bonds. The Hall–Kier alpha value is -3.02. The van der Waals surface area contributed by atoms with Gasteiger partial charge < -0.3 is 19.5 Å². The lowest BCUT2D eigenvalue weighted by Crippen LogP contribution is -2.28. The van der Waals surface area contributed by atoms with Crippen LogP contribution in [0, 0.1) is 0 Å². The fourth-order valence-corrected chi connectivity index (χ4v) is 1.93. The van der Waals surface area contributed by atoms with Gasteiger partial charge in [-0.25, -0.2) is 9.59 Å². The molecule has 0 aliphatic heterocycles. The normalized spacial score (nSPS) is 9.88. The second-order valence-electron chi connectivity index (χ2n) is 4.86. The average Bonchev–Trinajstić information content (AvgIpc) is 2.64. The SMILES string of the molecule is COC(=O)c1cccc(OCCNC(=O)OCc2ccccc2)c1. The summed E-state index contributed by atoms with van der Waals surface area (Å²) in [6.45, 7) is 0.760. The lowest BCUT2D eigenvalue weighted by Gasteiger charge is -2.09. The van der Waals surface area contributed by atoms with Gasteiger partial charge in [0.2, 0.25) is 0 Å². The van der Waals surface area contributed by atoms with Gasteiger partial charge in [0, 0.05) is 0 Å². The number of carbonyl (C=O) groups is 2. The summed E-state index contributed by atoms with van der Waals surface area (Å²) in [5, 5.41) is 2.59. The molecule has 0 heterocycles. The van der Waals surface area contributed by atoms with Crippen molar-refractivity contribution in [3.63, 3.8) is 0 Å². The summed E-state index contributed by atoms with van der Waals surface area (Å²) in [6.07, 6.45) is -0.509. The highest BCUT2D eigenvalue weighted by molar-refractivity contribution is 5.89. The van der Waals surface area contributed by atoms with Crippen molar-refractivity contribution in [3.05, 3.63) is 65.7 Å². The molecule has 0 saturated heterocycles. The molecule has 0 fully saturated rings. The first-order valence-corrected chi connectivity index (χ1v) is 7.45. The predicted octanol–water partition coefficient (Wildman–Crippen LogP) is 2.78. The minimum absolute atomic E-state index is 0.217. The van der Waals surface area contributed by atoms with Crippen LogP contribution in [0.5, 0.6) is 5.75 Å². The molecule has 0 aromatic heterocycles. The Morgan fingerprint density at radius 3 is 2.58 bits per heavy atom. The first-order valence-electron chi connectivity index (χ1n) is 7.45. The minimum atomic E-state index is -0.509. The van der Waals surface area contributed by atoms with Gasteiger partial charge >= 0.3 is 12.1 Å². The first kappa shape index (κ1) is 17.3. The molecule has 0 unspecified atom stereocenters. The van der Waals surface area contributed by atoms with Crippen LogP contribution in [0.3, 0.4) is 0 Å². The van der Waals surface area contributed by atoms with Gasteiger partial charge in [0.1, 0.15) is 19.0 Å². The van der Waals surface area contributed by atoms with Crippen molar-refractivity contribution >= 4 is 12.1 Å². The monoisotopic (exact) mass is 329 g/mol. The van der Waals surface area contributed by atoms with Crippen LogP contribution in [0.15, 0.2) is 54.6 Å². The summed E-state index contributed by atoms with van der Waals surface area (Å²) in [5.41, 5.74) is 1.33. The molecule has 2 rings (SSSR count). The molecule has 0 atom stereocenters. The molecule has 6 heteroatoms. The lowest BCUT2D eigenvalue weighted by atomic mass is 10.2. The largest absolute Gasteiger partial charge is 0.492 e. The van der Waals surface area contributed by atoms with Crippen molar-refractivity contribution in [1.82, 2.24) is 5.32 Å². The maximum absolute atomic E-state index is 11.6. The van der Waals surface area contributed by atoms with E-state index in [2.05, 4.69) is 10.1 Å². The quantitative estimate of drug-likeness (QED) is 0.624. The highest BCUT2D eigenvalue weighted by Gasteiger charge is 2.06. The van der Waals surface area contributed by atoms with Crippen molar-refractivity contribution in [1.29, 1.82) is 0 Å². The zero-order chi connectivity index (χ0) is 17.2. The third-order valence-corrected chi connectivity index (χ3v) is 3.11. The molecular formula is C18H19NO5. The maximum atomic E-state index is 11.6. The average molecular weight is 329 g/mol. The van der Waals surface area contributed by atoms with Gasteiger partial charge in [-0.15, -0.1) is 0 Å². The van der Waals surface area contributed by atoms with Crippen molar-refractivity contribution in [2.75, 3.05) is 20.3 Å². The van der Waals surface area contributed by atoms with Crippen molar-refractivity contribution in [2.45, 2.75) is 6.61 Å². The van der Waals surface area contributed by atoms with Crippen LogP contribution >= 0.6 is 0 Å². The summed E-state index contributed by atoms with van der Waals surface area (Å²) < 4.78 is 15.2. The third-order valence-electron chi connectivity index (χ3n) is 3.11. The summed E-state index contributed by atoms with van der Waals surface area (Å²) >= 11 is 0. The van der Waals surface area contributed by atoms with Gasteiger partial charge in [-0.05, 0) is 23.8 Å². The van der Waals surface area contributed by atoms with E-state index >= 15 is 0 Å². The van der Waals surface area contributed by atoms with Gasteiger partial charge in [-0.3, -0.25) is 0 Å². The Morgan fingerprint density at radius 1 is 1.04 bits per heavy atom. The highest BCUT2D eigenvalue weighted by Crippen LogP contribution is 2.13. The molecule has 1 N–H and O–H groups in total. The van der Waals surface area contributed by atoms with Crippen LogP contribution in [-0.2, 0) is 16.1 Å². The Bertz CT molecular complexity index is 672. The number of benzene rings is 2. The van der Waals surface area contributed by atoms with E-state index in [1.165, 1.54) is 7.11 Å². The summed E-state index contributed by atoms with van der Waals surface area (Å²) in [5.74, 6) is 0.0976. The summed E-state index contributed by atoms with van der Waals surface area (Å²) in [7, 11) is 1.32. The predicted molar refractivity (Wildman–Crippen MR) is 87.9 cm³/mol. The number of ether oxygens (including phenoxy) is 3. The van der Waals surface area contributed by atoms with Gasteiger partial charge in [0.05, 0.1) is 19.2 Å². The summed E-state index contributed by atoms with van der Waals surface area (Å²) in [6, 6.07) is 16.1. The molecule has 2 aromatic carbocycles. The smallest absolute Gasteiger partial charge is 0.407 e. The van der Waals surface area contributed by atoms with Crippen molar-refractivity contribution in [2.24, 2.45) is 0 Å². The molecule has 0 radical (unpaired) electrons. The van der Waals surface area contributed by atoms with E-state index in [9.17, 15) is 9.59 Å². The van der Waals surface area contributed by atoms with Gasteiger partial charge in [0.25, 0.3) is 0 Å². The van der Waals surface area contributed by atoms with Crippen molar-refractivity contribution < 1.29 is 23.8 Å². The number of carbonyl (C=O) groups excluding carboxylic acids is 2. The van der Waals surface area contributed by atoms with Crippen LogP contribution in [0.2, 0.25) is 0 Å². The van der Waals surface area contributed by atoms with Crippen LogP contribution in [0.4, 0.5) is 4.79 Å². The Morgan fingerprint density at radius 2 is 1.83 bits per heavy atom. The second-order valence-corrected chi connectivity index (χ2v) is 4.86. The minimum Gasteiger partial charge on any atom is -0.492 e. The van der Waals surface area contributed by atoms with Gasteiger partial charge in [0.15, 0.2) is 0 Å². The molecule has 6 nitrogen and oxygen atoms in total. The second kappa shape index (κ2) is 9.19. The number of nitrogens with one attached hydrogen (secondary N) is 1.